The largest absolute Gasteiger partial charge is 0.288 e. The third kappa shape index (κ3) is 4.06. The molecule has 4 heteroatoms. The smallest absolute Gasteiger partial charge is 0.196 e. The van der Waals surface area contributed by atoms with E-state index in [-0.39, 0.29) is 11.3 Å². The van der Waals surface area contributed by atoms with Crippen LogP contribution in [0.4, 0.5) is 4.39 Å². The number of carbonyl (C=O) groups is 1. The SMILES string of the molecule is C=C.O=C(c1ccccc1F)c1c(-c2ccccc2)ccc(Cl)c1CS. The second kappa shape index (κ2) is 9.37. The zero-order valence-corrected chi connectivity index (χ0v) is 15.7. The molecule has 1 nitrogen and oxygen atoms in total. The number of ketones is 1. The molecule has 0 saturated heterocycles. The van der Waals surface area contributed by atoms with Crippen molar-refractivity contribution in [2.75, 3.05) is 0 Å². The number of thiol groups is 1. The van der Waals surface area contributed by atoms with Crippen LogP contribution >= 0.6 is 24.2 Å². The first kappa shape index (κ1) is 20.0. The maximum Gasteiger partial charge on any atom is 0.196 e. The molecule has 3 aromatic carbocycles. The lowest BCUT2D eigenvalue weighted by Gasteiger charge is -2.15. The normalized spacial score (nSPS) is 9.96. The summed E-state index contributed by atoms with van der Waals surface area (Å²) in [5, 5.41) is 0.448. The Balaban J connectivity index is 0.00000117. The summed E-state index contributed by atoms with van der Waals surface area (Å²) in [6.07, 6.45) is 0. The number of carbonyl (C=O) groups excluding carboxylic acids is 1. The van der Waals surface area contributed by atoms with Gasteiger partial charge in [-0.3, -0.25) is 4.79 Å². The first-order valence-corrected chi connectivity index (χ1v) is 8.91. The van der Waals surface area contributed by atoms with Crippen molar-refractivity contribution in [1.82, 2.24) is 0 Å². The molecule has 0 bridgehead atoms. The van der Waals surface area contributed by atoms with E-state index in [1.165, 1.54) is 12.1 Å². The highest BCUT2D eigenvalue weighted by Crippen LogP contribution is 2.34. The number of benzene rings is 3. The van der Waals surface area contributed by atoms with Gasteiger partial charge in [0, 0.05) is 16.3 Å². The average molecular weight is 385 g/mol. The molecule has 0 amide bonds. The Bertz CT molecular complexity index is 909. The maximum atomic E-state index is 14.1. The second-order valence-corrected chi connectivity index (χ2v) is 6.01. The molecule has 0 aliphatic heterocycles. The van der Waals surface area contributed by atoms with Crippen LogP contribution < -0.4 is 0 Å². The zero-order valence-electron chi connectivity index (χ0n) is 14.1. The molecule has 26 heavy (non-hydrogen) atoms. The molecule has 0 aromatic heterocycles. The third-order valence-electron chi connectivity index (χ3n) is 3.84. The lowest BCUT2D eigenvalue weighted by molar-refractivity contribution is 0.103. The van der Waals surface area contributed by atoms with Crippen molar-refractivity contribution < 1.29 is 9.18 Å². The molecule has 0 fully saturated rings. The highest BCUT2D eigenvalue weighted by atomic mass is 35.5. The van der Waals surface area contributed by atoms with E-state index in [1.54, 1.807) is 24.3 Å². The molecule has 0 saturated carbocycles. The van der Waals surface area contributed by atoms with Crippen molar-refractivity contribution in [2.45, 2.75) is 5.75 Å². The van der Waals surface area contributed by atoms with Crippen LogP contribution in [0.1, 0.15) is 21.5 Å². The number of halogens is 2. The van der Waals surface area contributed by atoms with E-state index >= 15 is 0 Å². The molecule has 0 spiro atoms. The van der Waals surface area contributed by atoms with Gasteiger partial charge in [0.25, 0.3) is 0 Å². The topological polar surface area (TPSA) is 17.1 Å². The summed E-state index contributed by atoms with van der Waals surface area (Å²) in [5.41, 5.74) is 2.62. The Kier molecular flexibility index (Phi) is 7.19. The highest BCUT2D eigenvalue weighted by molar-refractivity contribution is 7.79. The van der Waals surface area contributed by atoms with Crippen molar-refractivity contribution in [3.63, 3.8) is 0 Å². The summed E-state index contributed by atoms with van der Waals surface area (Å²) in [6, 6.07) is 19.0. The Hall–Kier alpha value is -2.36. The van der Waals surface area contributed by atoms with Crippen LogP contribution in [0.25, 0.3) is 11.1 Å². The predicted molar refractivity (Wildman–Crippen MR) is 111 cm³/mol. The van der Waals surface area contributed by atoms with Gasteiger partial charge in [-0.1, -0.05) is 60.1 Å². The van der Waals surface area contributed by atoms with Crippen LogP contribution in [-0.4, -0.2) is 5.78 Å². The zero-order chi connectivity index (χ0) is 19.1. The van der Waals surface area contributed by atoms with Gasteiger partial charge in [-0.2, -0.15) is 12.6 Å². The quantitative estimate of drug-likeness (QED) is 0.304. The molecule has 0 atom stereocenters. The maximum absolute atomic E-state index is 14.1. The highest BCUT2D eigenvalue weighted by Gasteiger charge is 2.22. The van der Waals surface area contributed by atoms with E-state index < -0.39 is 11.6 Å². The van der Waals surface area contributed by atoms with Crippen molar-refractivity contribution in [1.29, 1.82) is 0 Å². The molecule has 3 rings (SSSR count). The fourth-order valence-corrected chi connectivity index (χ4v) is 3.32. The number of hydrogen-bond donors (Lipinski definition) is 1. The van der Waals surface area contributed by atoms with Gasteiger partial charge in [0.15, 0.2) is 5.78 Å². The monoisotopic (exact) mass is 384 g/mol. The van der Waals surface area contributed by atoms with Crippen LogP contribution in [0, 0.1) is 5.82 Å². The van der Waals surface area contributed by atoms with Crippen LogP contribution in [0.3, 0.4) is 0 Å². The van der Waals surface area contributed by atoms with E-state index in [9.17, 15) is 9.18 Å². The van der Waals surface area contributed by atoms with Gasteiger partial charge < -0.3 is 0 Å². The molecule has 0 aliphatic rings. The average Bonchev–Trinajstić information content (AvgIpc) is 2.69. The molecule has 0 N–H and O–H groups in total. The van der Waals surface area contributed by atoms with Crippen LogP contribution in [0.5, 0.6) is 0 Å². The number of hydrogen-bond acceptors (Lipinski definition) is 2. The Labute approximate surface area is 163 Å². The van der Waals surface area contributed by atoms with Gasteiger partial charge in [-0.25, -0.2) is 4.39 Å². The van der Waals surface area contributed by atoms with Gasteiger partial charge in [0.2, 0.25) is 0 Å². The second-order valence-electron chi connectivity index (χ2n) is 5.28. The molecule has 3 aromatic rings. The standard InChI is InChI=1S/C20H14ClFOS.C2H4/c21-17-11-10-14(13-6-2-1-3-7-13)19(16(17)12-24)20(23)15-8-4-5-9-18(15)22;1-2/h1-11,24H,12H2;1-2H2. The summed E-state index contributed by atoms with van der Waals surface area (Å²) in [4.78, 5) is 13.1. The summed E-state index contributed by atoms with van der Waals surface area (Å²) in [7, 11) is 0. The minimum atomic E-state index is -0.549. The third-order valence-corrected chi connectivity index (χ3v) is 4.51. The Morgan fingerprint density at radius 3 is 2.19 bits per heavy atom. The first-order valence-electron chi connectivity index (χ1n) is 7.90. The Morgan fingerprint density at radius 2 is 1.58 bits per heavy atom. The van der Waals surface area contributed by atoms with E-state index in [0.29, 0.717) is 16.1 Å². The van der Waals surface area contributed by atoms with Gasteiger partial charge in [-0.05, 0) is 34.9 Å². The van der Waals surface area contributed by atoms with Crippen LogP contribution in [0.2, 0.25) is 5.02 Å². The van der Waals surface area contributed by atoms with Crippen molar-refractivity contribution >= 4 is 30.0 Å². The van der Waals surface area contributed by atoms with Crippen molar-refractivity contribution in [3.8, 4) is 11.1 Å². The lowest BCUT2D eigenvalue weighted by Crippen LogP contribution is -2.09. The molecule has 0 unspecified atom stereocenters. The van der Waals surface area contributed by atoms with E-state index in [2.05, 4.69) is 25.8 Å². The first-order chi connectivity index (χ1) is 12.6. The van der Waals surface area contributed by atoms with Gasteiger partial charge in [0.05, 0.1) is 5.56 Å². The molecule has 0 heterocycles. The minimum absolute atomic E-state index is 0.0278. The molecule has 0 radical (unpaired) electrons. The van der Waals surface area contributed by atoms with Gasteiger partial charge in [0.1, 0.15) is 5.82 Å². The lowest BCUT2D eigenvalue weighted by atomic mass is 9.90. The van der Waals surface area contributed by atoms with Crippen LogP contribution in [-0.2, 0) is 5.75 Å². The fraction of sp³-hybridized carbons (Fsp3) is 0.0455. The van der Waals surface area contributed by atoms with Gasteiger partial charge in [-0.15, -0.1) is 13.2 Å². The predicted octanol–water partition coefficient (Wildman–Crippen LogP) is 6.61. The fourth-order valence-electron chi connectivity index (χ4n) is 2.67. The molecule has 132 valence electrons. The summed E-state index contributed by atoms with van der Waals surface area (Å²) < 4.78 is 14.1. The number of rotatable bonds is 4. The summed E-state index contributed by atoms with van der Waals surface area (Å²) in [5.74, 6) is -0.653. The van der Waals surface area contributed by atoms with Crippen molar-refractivity contribution in [3.05, 3.63) is 107 Å². The minimum Gasteiger partial charge on any atom is -0.288 e. The van der Waals surface area contributed by atoms with Crippen LogP contribution in [0.15, 0.2) is 79.9 Å². The summed E-state index contributed by atoms with van der Waals surface area (Å²) >= 11 is 10.6. The molecular weight excluding hydrogens is 367 g/mol. The Morgan fingerprint density at radius 1 is 0.962 bits per heavy atom. The molecular formula is C22H18ClFOS. The summed E-state index contributed by atoms with van der Waals surface area (Å²) in [6.45, 7) is 6.00. The van der Waals surface area contributed by atoms with E-state index in [1.807, 2.05) is 30.3 Å². The van der Waals surface area contributed by atoms with E-state index in [0.717, 1.165) is 11.1 Å². The molecule has 0 aliphatic carbocycles. The van der Waals surface area contributed by atoms with Gasteiger partial charge >= 0.3 is 0 Å². The van der Waals surface area contributed by atoms with E-state index in [4.69, 9.17) is 11.6 Å². The van der Waals surface area contributed by atoms with Crippen molar-refractivity contribution in [2.24, 2.45) is 0 Å².